The van der Waals surface area contributed by atoms with Gasteiger partial charge in [-0.05, 0) is 36.8 Å². The van der Waals surface area contributed by atoms with Crippen LogP contribution in [0, 0.1) is 6.92 Å². The van der Waals surface area contributed by atoms with Crippen molar-refractivity contribution in [2.45, 2.75) is 18.5 Å². The molecule has 2 heterocycles. The summed E-state index contributed by atoms with van der Waals surface area (Å²) in [5.74, 6) is 0. The van der Waals surface area contributed by atoms with Gasteiger partial charge in [0.25, 0.3) is 0 Å². The molecule has 0 spiro atoms. The molecule has 0 aliphatic rings. The first-order valence-corrected chi connectivity index (χ1v) is 9.31. The zero-order chi connectivity index (χ0) is 17.2. The minimum absolute atomic E-state index is 0.0697. The van der Waals surface area contributed by atoms with Gasteiger partial charge in [0.05, 0.1) is 23.8 Å². The molecule has 7 heteroatoms. The topological polar surface area (TPSA) is 76.9 Å². The third-order valence-corrected chi connectivity index (χ3v) is 4.52. The molecule has 124 valence electrons. The van der Waals surface area contributed by atoms with E-state index >= 15 is 0 Å². The van der Waals surface area contributed by atoms with Crippen molar-refractivity contribution in [1.82, 2.24) is 14.8 Å². The minimum atomic E-state index is -3.27. The Bertz CT molecular complexity index is 947. The highest BCUT2D eigenvalue weighted by atomic mass is 32.2. The fraction of sp³-hybridized carbons (Fsp3) is 0.176. The van der Waals surface area contributed by atoms with Crippen molar-refractivity contribution >= 4 is 15.5 Å². The zero-order valence-corrected chi connectivity index (χ0v) is 14.3. The summed E-state index contributed by atoms with van der Waals surface area (Å²) < 4.78 is 24.6. The van der Waals surface area contributed by atoms with E-state index < -0.39 is 9.84 Å². The summed E-state index contributed by atoms with van der Waals surface area (Å²) in [6, 6.07) is 11.3. The molecule has 6 nitrogen and oxygen atoms in total. The highest BCUT2D eigenvalue weighted by Gasteiger charge is 2.08. The van der Waals surface area contributed by atoms with Gasteiger partial charge in [-0.1, -0.05) is 12.1 Å². The molecule has 0 saturated heterocycles. The van der Waals surface area contributed by atoms with Crippen LogP contribution in [-0.2, 0) is 16.4 Å². The van der Waals surface area contributed by atoms with Crippen LogP contribution >= 0.6 is 0 Å². The lowest BCUT2D eigenvalue weighted by Gasteiger charge is -2.05. The maximum absolute atomic E-state index is 11.4. The van der Waals surface area contributed by atoms with Crippen molar-refractivity contribution in [2.75, 3.05) is 11.6 Å². The molecule has 0 aliphatic heterocycles. The van der Waals surface area contributed by atoms with Crippen LogP contribution in [0.5, 0.6) is 0 Å². The van der Waals surface area contributed by atoms with Crippen LogP contribution < -0.4 is 5.32 Å². The first kappa shape index (κ1) is 16.2. The predicted octanol–water partition coefficient (Wildman–Crippen LogP) is 2.59. The van der Waals surface area contributed by atoms with Crippen LogP contribution in [0.1, 0.15) is 11.1 Å². The number of nitrogens with zero attached hydrogens (tertiary/aromatic N) is 3. The molecule has 0 bridgehead atoms. The average molecular weight is 342 g/mol. The number of hydrogen-bond acceptors (Lipinski definition) is 5. The number of aromatic nitrogens is 3. The lowest BCUT2D eigenvalue weighted by molar-refractivity contribution is 0.598. The maximum atomic E-state index is 11.4. The second kappa shape index (κ2) is 6.45. The van der Waals surface area contributed by atoms with E-state index in [0.29, 0.717) is 6.54 Å². The van der Waals surface area contributed by atoms with Gasteiger partial charge < -0.3 is 5.32 Å². The zero-order valence-electron chi connectivity index (χ0n) is 13.5. The molecule has 0 radical (unpaired) electrons. The number of pyridine rings is 1. The lowest BCUT2D eigenvalue weighted by Crippen LogP contribution is -2.03. The van der Waals surface area contributed by atoms with E-state index in [4.69, 9.17) is 0 Å². The van der Waals surface area contributed by atoms with Crippen LogP contribution in [0.15, 0.2) is 60.0 Å². The Morgan fingerprint density at radius 2 is 2.00 bits per heavy atom. The molecular weight excluding hydrogens is 324 g/mol. The second-order valence-electron chi connectivity index (χ2n) is 5.64. The summed E-state index contributed by atoms with van der Waals surface area (Å²) in [5.41, 5.74) is 3.97. The summed E-state index contributed by atoms with van der Waals surface area (Å²) >= 11 is 0. The van der Waals surface area contributed by atoms with Crippen LogP contribution in [0.4, 0.5) is 5.69 Å². The molecule has 24 heavy (non-hydrogen) atoms. The van der Waals surface area contributed by atoms with Gasteiger partial charge in [-0.25, -0.2) is 18.1 Å². The summed E-state index contributed by atoms with van der Waals surface area (Å²) in [4.78, 5) is 3.95. The molecular formula is C17H18N4O2S. The maximum Gasteiger partial charge on any atom is 0.192 e. The van der Waals surface area contributed by atoms with Crippen LogP contribution in [0.3, 0.4) is 0 Å². The van der Waals surface area contributed by atoms with Crippen molar-refractivity contribution in [3.05, 3.63) is 66.1 Å². The number of sulfone groups is 1. The number of anilines is 1. The number of hydrogen-bond donors (Lipinski definition) is 1. The van der Waals surface area contributed by atoms with Gasteiger partial charge in [0, 0.05) is 24.6 Å². The number of aryl methyl sites for hydroxylation is 1. The molecule has 0 fully saturated rings. The summed E-state index contributed by atoms with van der Waals surface area (Å²) in [6.07, 6.45) is 6.41. The Morgan fingerprint density at radius 1 is 1.17 bits per heavy atom. The average Bonchev–Trinajstić information content (AvgIpc) is 3.01. The largest absolute Gasteiger partial charge is 0.380 e. The van der Waals surface area contributed by atoms with Crippen molar-refractivity contribution < 1.29 is 8.42 Å². The Morgan fingerprint density at radius 3 is 2.67 bits per heavy atom. The third-order valence-electron chi connectivity index (χ3n) is 3.52. The molecule has 0 saturated carbocycles. The molecule has 0 amide bonds. The monoisotopic (exact) mass is 342 g/mol. The van der Waals surface area contributed by atoms with Gasteiger partial charge in [0.1, 0.15) is 0 Å². The van der Waals surface area contributed by atoms with Crippen molar-refractivity contribution in [2.24, 2.45) is 0 Å². The van der Waals surface area contributed by atoms with Gasteiger partial charge in [-0.15, -0.1) is 0 Å². The van der Waals surface area contributed by atoms with E-state index in [1.807, 2.05) is 36.0 Å². The van der Waals surface area contributed by atoms with E-state index in [2.05, 4.69) is 21.5 Å². The van der Waals surface area contributed by atoms with E-state index in [0.717, 1.165) is 23.2 Å². The fourth-order valence-electron chi connectivity index (χ4n) is 2.27. The predicted molar refractivity (Wildman–Crippen MR) is 93.0 cm³/mol. The number of rotatable bonds is 5. The van der Waals surface area contributed by atoms with Crippen LogP contribution in [-0.4, -0.2) is 29.4 Å². The van der Waals surface area contributed by atoms with Crippen molar-refractivity contribution in [3.63, 3.8) is 0 Å². The smallest absolute Gasteiger partial charge is 0.192 e. The highest BCUT2D eigenvalue weighted by Crippen LogP contribution is 2.13. The highest BCUT2D eigenvalue weighted by molar-refractivity contribution is 7.90. The Hall–Kier alpha value is -2.67. The standard InChI is InChI=1S/C17H18N4O2S/c1-13-4-3-5-16(8-13)21-12-14(10-20-21)9-18-15-6-7-17(19-11-15)24(2,22)23/h3-8,10-12,18H,9H2,1-2H3. The number of nitrogens with one attached hydrogen (secondary N) is 1. The summed E-state index contributed by atoms with van der Waals surface area (Å²) in [6.45, 7) is 2.62. The van der Waals surface area contributed by atoms with Crippen molar-refractivity contribution in [3.8, 4) is 5.69 Å². The fourth-order valence-corrected chi connectivity index (χ4v) is 2.83. The lowest BCUT2D eigenvalue weighted by atomic mass is 10.2. The molecule has 1 aromatic carbocycles. The molecule has 3 aromatic rings. The normalized spacial score (nSPS) is 11.4. The van der Waals surface area contributed by atoms with Gasteiger partial charge in [0.2, 0.25) is 0 Å². The van der Waals surface area contributed by atoms with Crippen molar-refractivity contribution in [1.29, 1.82) is 0 Å². The van der Waals surface area contributed by atoms with Gasteiger partial charge in [0.15, 0.2) is 14.9 Å². The Balaban J connectivity index is 1.67. The van der Waals surface area contributed by atoms with E-state index in [9.17, 15) is 8.42 Å². The summed E-state index contributed by atoms with van der Waals surface area (Å²) in [5, 5.41) is 7.64. The first-order valence-electron chi connectivity index (χ1n) is 7.42. The molecule has 3 rings (SSSR count). The van der Waals surface area contributed by atoms with Gasteiger partial charge in [-0.3, -0.25) is 0 Å². The molecule has 2 aromatic heterocycles. The molecule has 0 aliphatic carbocycles. The van der Waals surface area contributed by atoms with E-state index in [1.165, 1.54) is 17.8 Å². The number of benzene rings is 1. The van der Waals surface area contributed by atoms with Crippen LogP contribution in [0.25, 0.3) is 5.69 Å². The molecule has 1 N–H and O–H groups in total. The second-order valence-corrected chi connectivity index (χ2v) is 7.61. The Kier molecular flexibility index (Phi) is 4.35. The molecule has 0 atom stereocenters. The van der Waals surface area contributed by atoms with Crippen LogP contribution in [0.2, 0.25) is 0 Å². The van der Waals surface area contributed by atoms with Gasteiger partial charge >= 0.3 is 0 Å². The summed E-state index contributed by atoms with van der Waals surface area (Å²) in [7, 11) is -3.27. The molecule has 0 unspecified atom stereocenters. The third kappa shape index (κ3) is 3.80. The minimum Gasteiger partial charge on any atom is -0.380 e. The SMILES string of the molecule is Cc1cccc(-n2cc(CNc3ccc(S(C)(=O)=O)nc3)cn2)c1. The quantitative estimate of drug-likeness (QED) is 0.771. The Labute approximate surface area is 141 Å². The van der Waals surface area contributed by atoms with E-state index in [-0.39, 0.29) is 5.03 Å². The first-order chi connectivity index (χ1) is 11.4. The van der Waals surface area contributed by atoms with Gasteiger partial charge in [-0.2, -0.15) is 5.10 Å². The van der Waals surface area contributed by atoms with E-state index in [1.54, 1.807) is 12.3 Å².